The number of thiophene rings is 1. The van der Waals surface area contributed by atoms with E-state index in [9.17, 15) is 13.2 Å². The zero-order chi connectivity index (χ0) is 17.2. The summed E-state index contributed by atoms with van der Waals surface area (Å²) in [5, 5.41) is 0. The molecule has 1 aromatic heterocycles. The number of hydrogen-bond acceptors (Lipinski definition) is 4. The van der Waals surface area contributed by atoms with Crippen LogP contribution < -0.4 is 4.90 Å². The van der Waals surface area contributed by atoms with Gasteiger partial charge in [-0.1, -0.05) is 11.6 Å². The molecule has 2 aliphatic heterocycles. The molecule has 3 heterocycles. The largest absolute Gasteiger partial charge is 0.338 e. The average molecular weight is 393 g/mol. The first-order valence-corrected chi connectivity index (χ1v) is 11.0. The zero-order valence-corrected chi connectivity index (χ0v) is 15.9. The van der Waals surface area contributed by atoms with Gasteiger partial charge in [-0.05, 0) is 31.4 Å². The van der Waals surface area contributed by atoms with Gasteiger partial charge in [0.25, 0.3) is 15.9 Å². The van der Waals surface area contributed by atoms with Gasteiger partial charge in [0.05, 0.1) is 30.5 Å². The minimum Gasteiger partial charge on any atom is -0.338 e. The lowest BCUT2D eigenvalue weighted by Gasteiger charge is -2.33. The number of likely N-dealkylation sites (tertiary alicyclic amines) is 1. The van der Waals surface area contributed by atoms with Crippen LogP contribution in [0.15, 0.2) is 16.3 Å². The first kappa shape index (κ1) is 18.1. The molecule has 1 N–H and O–H groups in total. The Morgan fingerprint density at radius 1 is 1.12 bits per heavy atom. The van der Waals surface area contributed by atoms with E-state index in [0.29, 0.717) is 41.3 Å². The van der Waals surface area contributed by atoms with E-state index < -0.39 is 10.0 Å². The Bertz CT molecular complexity index is 678. The molecule has 1 aromatic rings. The summed E-state index contributed by atoms with van der Waals surface area (Å²) in [5.41, 5.74) is 0. The Morgan fingerprint density at radius 2 is 1.79 bits per heavy atom. The first-order valence-electron chi connectivity index (χ1n) is 8.33. The van der Waals surface area contributed by atoms with E-state index in [4.69, 9.17) is 11.6 Å². The minimum atomic E-state index is -3.45. The SMILES string of the molecule is O=C(C[NH+]1CCN(S(=O)(=O)c2ccc(Cl)s2)CC1)N1CCCCC1. The number of piperazine rings is 1. The van der Waals surface area contributed by atoms with Crippen LogP contribution in [0.5, 0.6) is 0 Å². The van der Waals surface area contributed by atoms with E-state index in [1.54, 1.807) is 12.1 Å². The highest BCUT2D eigenvalue weighted by Gasteiger charge is 2.32. The van der Waals surface area contributed by atoms with E-state index >= 15 is 0 Å². The summed E-state index contributed by atoms with van der Waals surface area (Å²) in [5.74, 6) is 0.200. The number of carbonyl (C=O) groups excluding carboxylic acids is 1. The van der Waals surface area contributed by atoms with Crippen molar-refractivity contribution in [1.82, 2.24) is 9.21 Å². The van der Waals surface area contributed by atoms with Crippen molar-refractivity contribution in [1.29, 1.82) is 0 Å². The van der Waals surface area contributed by atoms with Gasteiger partial charge >= 0.3 is 0 Å². The van der Waals surface area contributed by atoms with Gasteiger partial charge in [-0.15, -0.1) is 11.3 Å². The van der Waals surface area contributed by atoms with Gasteiger partial charge < -0.3 is 9.80 Å². The van der Waals surface area contributed by atoms with Crippen molar-refractivity contribution in [2.24, 2.45) is 0 Å². The third-order valence-corrected chi connectivity index (χ3v) is 8.28. The number of quaternary nitrogens is 1. The van der Waals surface area contributed by atoms with Crippen molar-refractivity contribution in [3.05, 3.63) is 16.5 Å². The second-order valence-corrected chi connectivity index (χ2v) is 10.2. The average Bonchev–Trinajstić information content (AvgIpc) is 3.03. The highest BCUT2D eigenvalue weighted by Crippen LogP contribution is 2.27. The van der Waals surface area contributed by atoms with Gasteiger partial charge in [0.2, 0.25) is 0 Å². The molecule has 0 atom stereocenters. The van der Waals surface area contributed by atoms with E-state index in [-0.39, 0.29) is 5.91 Å². The Balaban J connectivity index is 1.53. The number of nitrogens with one attached hydrogen (secondary N) is 1. The molecule has 2 aliphatic rings. The molecule has 3 rings (SSSR count). The third-order valence-electron chi connectivity index (χ3n) is 4.68. The molecule has 1 amide bonds. The number of rotatable bonds is 4. The molecule has 2 saturated heterocycles. The Morgan fingerprint density at radius 3 is 2.38 bits per heavy atom. The summed E-state index contributed by atoms with van der Waals surface area (Å²) in [6, 6.07) is 3.17. The van der Waals surface area contributed by atoms with Crippen LogP contribution in [0.3, 0.4) is 0 Å². The second kappa shape index (κ2) is 7.70. The summed E-state index contributed by atoms with van der Waals surface area (Å²) in [6.45, 7) is 4.42. The maximum atomic E-state index is 12.6. The minimum absolute atomic E-state index is 0.200. The van der Waals surface area contributed by atoms with Crippen molar-refractivity contribution >= 4 is 38.9 Å². The molecule has 0 aromatic carbocycles. The molecule has 24 heavy (non-hydrogen) atoms. The summed E-state index contributed by atoms with van der Waals surface area (Å²) in [4.78, 5) is 15.4. The topological polar surface area (TPSA) is 62.1 Å². The third kappa shape index (κ3) is 4.11. The van der Waals surface area contributed by atoms with Crippen LogP contribution in [0, 0.1) is 0 Å². The predicted octanol–water partition coefficient (Wildman–Crippen LogP) is 0.303. The molecule has 0 aliphatic carbocycles. The Hall–Kier alpha value is -0.670. The molecule has 6 nitrogen and oxygen atoms in total. The summed E-state index contributed by atoms with van der Waals surface area (Å²) in [6.07, 6.45) is 3.40. The molecule has 0 unspecified atom stereocenters. The molecule has 2 fully saturated rings. The molecule has 0 spiro atoms. The maximum absolute atomic E-state index is 12.6. The fraction of sp³-hybridized carbons (Fsp3) is 0.667. The van der Waals surface area contributed by atoms with E-state index in [2.05, 4.69) is 0 Å². The van der Waals surface area contributed by atoms with Crippen LogP contribution in [-0.4, -0.2) is 69.3 Å². The number of piperidine rings is 1. The standard InChI is InChI=1S/C15H22ClN3O3S2/c16-13-4-5-15(23-13)24(21,22)19-10-8-17(9-11-19)12-14(20)18-6-2-1-3-7-18/h4-5H,1-3,6-12H2/p+1. The molecule has 0 bridgehead atoms. The van der Waals surface area contributed by atoms with Crippen molar-refractivity contribution in [2.45, 2.75) is 23.5 Å². The van der Waals surface area contributed by atoms with Gasteiger partial charge in [0.1, 0.15) is 4.21 Å². The number of sulfonamides is 1. The number of hydrogen-bond donors (Lipinski definition) is 1. The quantitative estimate of drug-likeness (QED) is 0.801. The monoisotopic (exact) mass is 392 g/mol. The van der Waals surface area contributed by atoms with Crippen LogP contribution in [-0.2, 0) is 14.8 Å². The number of amides is 1. The normalized spacial score (nSPS) is 21.1. The molecule has 134 valence electrons. The molecular formula is C15H23ClN3O3S2+. The maximum Gasteiger partial charge on any atom is 0.277 e. The van der Waals surface area contributed by atoms with E-state index in [1.165, 1.54) is 15.6 Å². The van der Waals surface area contributed by atoms with Crippen LogP contribution in [0.4, 0.5) is 0 Å². The fourth-order valence-electron chi connectivity index (χ4n) is 3.25. The number of halogens is 1. The highest BCUT2D eigenvalue weighted by molar-refractivity contribution is 7.91. The predicted molar refractivity (Wildman–Crippen MR) is 94.1 cm³/mol. The van der Waals surface area contributed by atoms with Gasteiger partial charge in [0, 0.05) is 13.1 Å². The smallest absolute Gasteiger partial charge is 0.277 e. The summed E-state index contributed by atoms with van der Waals surface area (Å²) >= 11 is 6.94. The molecule has 0 radical (unpaired) electrons. The van der Waals surface area contributed by atoms with Crippen LogP contribution in [0.1, 0.15) is 19.3 Å². The second-order valence-electron chi connectivity index (χ2n) is 6.33. The van der Waals surface area contributed by atoms with Gasteiger partial charge in [-0.25, -0.2) is 8.42 Å². The summed E-state index contributed by atoms with van der Waals surface area (Å²) < 4.78 is 27.4. The highest BCUT2D eigenvalue weighted by atomic mass is 35.5. The van der Waals surface area contributed by atoms with E-state index in [1.807, 2.05) is 4.90 Å². The van der Waals surface area contributed by atoms with Crippen molar-refractivity contribution in [3.63, 3.8) is 0 Å². The van der Waals surface area contributed by atoms with Gasteiger partial charge in [-0.2, -0.15) is 4.31 Å². The lowest BCUT2D eigenvalue weighted by Crippen LogP contribution is -3.15. The fourth-order valence-corrected chi connectivity index (χ4v) is 6.33. The molecule has 9 heteroatoms. The first-order chi connectivity index (χ1) is 11.5. The van der Waals surface area contributed by atoms with E-state index in [0.717, 1.165) is 37.3 Å². The van der Waals surface area contributed by atoms with Crippen molar-refractivity contribution < 1.29 is 18.1 Å². The van der Waals surface area contributed by atoms with Crippen LogP contribution >= 0.6 is 22.9 Å². The lowest BCUT2D eigenvalue weighted by molar-refractivity contribution is -0.896. The Labute approximate surface area is 152 Å². The molecular weight excluding hydrogens is 370 g/mol. The van der Waals surface area contributed by atoms with Crippen LogP contribution in [0.2, 0.25) is 4.34 Å². The molecule has 0 saturated carbocycles. The van der Waals surface area contributed by atoms with Gasteiger partial charge in [0.15, 0.2) is 6.54 Å². The van der Waals surface area contributed by atoms with Crippen LogP contribution in [0.25, 0.3) is 0 Å². The summed E-state index contributed by atoms with van der Waals surface area (Å²) in [7, 11) is -3.45. The van der Waals surface area contributed by atoms with Crippen molar-refractivity contribution in [2.75, 3.05) is 45.8 Å². The zero-order valence-electron chi connectivity index (χ0n) is 13.5. The Kier molecular flexibility index (Phi) is 5.82. The number of nitrogens with zero attached hydrogens (tertiary/aromatic N) is 2. The number of carbonyl (C=O) groups is 1. The lowest BCUT2D eigenvalue weighted by atomic mass is 10.1. The van der Waals surface area contributed by atoms with Gasteiger partial charge in [-0.3, -0.25) is 4.79 Å². The van der Waals surface area contributed by atoms with Crippen molar-refractivity contribution in [3.8, 4) is 0 Å².